The molecule has 1 aliphatic heterocycles. The Morgan fingerprint density at radius 3 is 2.95 bits per heavy atom. The summed E-state index contributed by atoms with van der Waals surface area (Å²) in [5.74, 6) is 0.175. The van der Waals surface area contributed by atoms with Crippen LogP contribution in [-0.2, 0) is 11.3 Å². The third-order valence-electron chi connectivity index (χ3n) is 3.93. The standard InChI is InChI=1S/C14H20N6O/c1-11-7-12(2)20(17-11)13-3-5-18(8-13)14(21)4-6-19-10-15-9-16-19/h7,9-10,13H,3-6,8H2,1-2H3/t13-/m0/s1. The maximum absolute atomic E-state index is 12.2. The van der Waals surface area contributed by atoms with Crippen molar-refractivity contribution in [2.75, 3.05) is 13.1 Å². The van der Waals surface area contributed by atoms with E-state index in [9.17, 15) is 4.79 Å². The lowest BCUT2D eigenvalue weighted by atomic mass is 10.2. The van der Waals surface area contributed by atoms with Crippen molar-refractivity contribution in [2.45, 2.75) is 39.3 Å². The summed E-state index contributed by atoms with van der Waals surface area (Å²) in [4.78, 5) is 18.0. The molecule has 3 heterocycles. The van der Waals surface area contributed by atoms with Crippen molar-refractivity contribution in [1.29, 1.82) is 0 Å². The molecule has 0 aromatic carbocycles. The summed E-state index contributed by atoms with van der Waals surface area (Å²) in [5.41, 5.74) is 2.19. The van der Waals surface area contributed by atoms with Gasteiger partial charge in [-0.1, -0.05) is 0 Å². The Hall–Kier alpha value is -2.18. The molecule has 0 saturated carbocycles. The highest BCUT2D eigenvalue weighted by molar-refractivity contribution is 5.76. The SMILES string of the molecule is Cc1cc(C)n([C@H]2CCN(C(=O)CCn3cncn3)C2)n1. The van der Waals surface area contributed by atoms with E-state index < -0.39 is 0 Å². The number of nitrogens with zero attached hydrogens (tertiary/aromatic N) is 6. The first kappa shape index (κ1) is 13.8. The molecule has 0 spiro atoms. The van der Waals surface area contributed by atoms with E-state index in [2.05, 4.69) is 32.9 Å². The van der Waals surface area contributed by atoms with Crippen LogP contribution in [0.5, 0.6) is 0 Å². The van der Waals surface area contributed by atoms with E-state index >= 15 is 0 Å². The lowest BCUT2D eigenvalue weighted by Crippen LogP contribution is -2.30. The average Bonchev–Trinajstić information content (AvgIpc) is 3.16. The Bertz CT molecular complexity index is 617. The van der Waals surface area contributed by atoms with Gasteiger partial charge in [0, 0.05) is 25.2 Å². The van der Waals surface area contributed by atoms with Crippen LogP contribution in [0, 0.1) is 13.8 Å². The zero-order valence-corrected chi connectivity index (χ0v) is 12.4. The maximum Gasteiger partial charge on any atom is 0.224 e. The number of carbonyl (C=O) groups excluding carboxylic acids is 1. The van der Waals surface area contributed by atoms with Gasteiger partial charge < -0.3 is 4.90 Å². The molecule has 0 unspecified atom stereocenters. The van der Waals surface area contributed by atoms with Gasteiger partial charge in [-0.3, -0.25) is 14.2 Å². The topological polar surface area (TPSA) is 68.8 Å². The van der Waals surface area contributed by atoms with Crippen LogP contribution in [0.25, 0.3) is 0 Å². The first-order valence-corrected chi connectivity index (χ1v) is 7.26. The molecular weight excluding hydrogens is 268 g/mol. The first-order chi connectivity index (χ1) is 10.1. The van der Waals surface area contributed by atoms with E-state index in [0.29, 0.717) is 19.0 Å². The minimum absolute atomic E-state index is 0.175. The van der Waals surface area contributed by atoms with Gasteiger partial charge in [-0.25, -0.2) is 4.98 Å². The quantitative estimate of drug-likeness (QED) is 0.840. The van der Waals surface area contributed by atoms with Crippen LogP contribution in [0.3, 0.4) is 0 Å². The van der Waals surface area contributed by atoms with Crippen LogP contribution in [0.15, 0.2) is 18.7 Å². The van der Waals surface area contributed by atoms with Crippen molar-refractivity contribution >= 4 is 5.91 Å². The van der Waals surface area contributed by atoms with Crippen LogP contribution in [0.4, 0.5) is 0 Å². The molecule has 0 N–H and O–H groups in total. The number of hydrogen-bond acceptors (Lipinski definition) is 4. The fourth-order valence-corrected chi connectivity index (χ4v) is 2.90. The van der Waals surface area contributed by atoms with Crippen LogP contribution in [0.2, 0.25) is 0 Å². The van der Waals surface area contributed by atoms with E-state index in [-0.39, 0.29) is 5.91 Å². The number of rotatable bonds is 4. The van der Waals surface area contributed by atoms with E-state index in [1.807, 2.05) is 11.8 Å². The second-order valence-corrected chi connectivity index (χ2v) is 5.56. The van der Waals surface area contributed by atoms with E-state index in [1.54, 1.807) is 11.0 Å². The second kappa shape index (κ2) is 5.67. The van der Waals surface area contributed by atoms with E-state index in [1.165, 1.54) is 6.33 Å². The van der Waals surface area contributed by atoms with Gasteiger partial charge >= 0.3 is 0 Å². The Morgan fingerprint density at radius 1 is 1.43 bits per heavy atom. The number of carbonyl (C=O) groups is 1. The third kappa shape index (κ3) is 2.96. The Morgan fingerprint density at radius 2 is 2.29 bits per heavy atom. The predicted octanol–water partition coefficient (Wildman–Crippen LogP) is 0.955. The second-order valence-electron chi connectivity index (χ2n) is 5.56. The van der Waals surface area contributed by atoms with Gasteiger partial charge in [0.05, 0.1) is 18.3 Å². The van der Waals surface area contributed by atoms with E-state index in [0.717, 1.165) is 30.9 Å². The predicted molar refractivity (Wildman–Crippen MR) is 76.6 cm³/mol. The molecule has 1 aliphatic rings. The minimum Gasteiger partial charge on any atom is -0.340 e. The van der Waals surface area contributed by atoms with Gasteiger partial charge in [-0.15, -0.1) is 0 Å². The maximum atomic E-state index is 12.2. The van der Waals surface area contributed by atoms with E-state index in [4.69, 9.17) is 0 Å². The average molecular weight is 288 g/mol. The molecule has 2 aromatic rings. The van der Waals surface area contributed by atoms with Crippen LogP contribution in [0.1, 0.15) is 30.3 Å². The molecule has 21 heavy (non-hydrogen) atoms. The number of hydrogen-bond donors (Lipinski definition) is 0. The number of aryl methyl sites for hydroxylation is 3. The normalized spacial score (nSPS) is 18.4. The highest BCUT2D eigenvalue weighted by Gasteiger charge is 2.28. The van der Waals surface area contributed by atoms with Gasteiger partial charge in [0.2, 0.25) is 5.91 Å². The lowest BCUT2D eigenvalue weighted by Gasteiger charge is -2.17. The number of amides is 1. The smallest absolute Gasteiger partial charge is 0.224 e. The number of aromatic nitrogens is 5. The fraction of sp³-hybridized carbons (Fsp3) is 0.571. The molecule has 0 radical (unpaired) electrons. The summed E-state index contributed by atoms with van der Waals surface area (Å²) in [6.07, 6.45) is 4.55. The molecule has 1 atom stereocenters. The van der Waals surface area contributed by atoms with Gasteiger partial charge in [0.25, 0.3) is 0 Å². The largest absolute Gasteiger partial charge is 0.340 e. The highest BCUT2D eigenvalue weighted by Crippen LogP contribution is 2.23. The molecular formula is C14H20N6O. The Labute approximate surface area is 123 Å². The summed E-state index contributed by atoms with van der Waals surface area (Å²) >= 11 is 0. The third-order valence-corrected chi connectivity index (χ3v) is 3.93. The molecule has 0 bridgehead atoms. The molecule has 1 saturated heterocycles. The summed E-state index contributed by atoms with van der Waals surface area (Å²) in [6, 6.07) is 2.38. The summed E-state index contributed by atoms with van der Waals surface area (Å²) < 4.78 is 3.74. The zero-order valence-electron chi connectivity index (χ0n) is 12.4. The zero-order chi connectivity index (χ0) is 14.8. The first-order valence-electron chi connectivity index (χ1n) is 7.26. The molecule has 112 valence electrons. The molecule has 1 amide bonds. The van der Waals surface area contributed by atoms with Crippen molar-refractivity contribution in [3.05, 3.63) is 30.1 Å². The highest BCUT2D eigenvalue weighted by atomic mass is 16.2. The van der Waals surface area contributed by atoms with Crippen molar-refractivity contribution in [3.8, 4) is 0 Å². The van der Waals surface area contributed by atoms with Crippen molar-refractivity contribution in [2.24, 2.45) is 0 Å². The van der Waals surface area contributed by atoms with Gasteiger partial charge in [-0.2, -0.15) is 10.2 Å². The Balaban J connectivity index is 1.56. The number of likely N-dealkylation sites (tertiary alicyclic amines) is 1. The van der Waals surface area contributed by atoms with Crippen molar-refractivity contribution < 1.29 is 4.79 Å². The molecule has 3 rings (SSSR count). The van der Waals surface area contributed by atoms with Gasteiger partial charge in [0.1, 0.15) is 12.7 Å². The summed E-state index contributed by atoms with van der Waals surface area (Å²) in [6.45, 7) is 6.20. The monoisotopic (exact) mass is 288 g/mol. The van der Waals surface area contributed by atoms with Gasteiger partial charge in [-0.05, 0) is 26.3 Å². The molecule has 1 fully saturated rings. The molecule has 0 aliphatic carbocycles. The van der Waals surface area contributed by atoms with Crippen molar-refractivity contribution in [3.63, 3.8) is 0 Å². The van der Waals surface area contributed by atoms with Crippen LogP contribution in [-0.4, -0.2) is 48.4 Å². The van der Waals surface area contributed by atoms with Crippen molar-refractivity contribution in [1.82, 2.24) is 29.4 Å². The lowest BCUT2D eigenvalue weighted by molar-refractivity contribution is -0.130. The summed E-state index contributed by atoms with van der Waals surface area (Å²) in [7, 11) is 0. The Kier molecular flexibility index (Phi) is 3.72. The molecule has 2 aromatic heterocycles. The van der Waals surface area contributed by atoms with Crippen LogP contribution < -0.4 is 0 Å². The molecule has 7 heteroatoms. The van der Waals surface area contributed by atoms with Crippen LogP contribution >= 0.6 is 0 Å². The molecule has 7 nitrogen and oxygen atoms in total. The summed E-state index contributed by atoms with van der Waals surface area (Å²) in [5, 5.41) is 8.54. The minimum atomic E-state index is 0.175. The van der Waals surface area contributed by atoms with Gasteiger partial charge in [0.15, 0.2) is 0 Å². The fourth-order valence-electron chi connectivity index (χ4n) is 2.90.